The number of likely N-dealkylation sites (tertiary alicyclic amines) is 1. The standard InChI is InChI=1S/C23H26N2O2S/c1-16-10-11-20(17(2)15-16)27-14-12-22(26)25-13-6-5-8-19(25)23-24-18-7-3-4-9-21(18)28-23/h3-4,7,9-11,15,19H,5-6,8,12-14H2,1-2H3/t19-/m0/s1. The molecule has 5 heteroatoms. The molecule has 0 N–H and O–H groups in total. The van der Waals surface area contributed by atoms with Crippen LogP contribution in [0.2, 0.25) is 0 Å². The summed E-state index contributed by atoms with van der Waals surface area (Å²) < 4.78 is 7.07. The molecular formula is C23H26N2O2S. The van der Waals surface area contributed by atoms with Gasteiger partial charge in [-0.05, 0) is 56.9 Å². The third-order valence-electron chi connectivity index (χ3n) is 5.32. The van der Waals surface area contributed by atoms with Gasteiger partial charge in [-0.25, -0.2) is 4.98 Å². The van der Waals surface area contributed by atoms with Crippen LogP contribution < -0.4 is 4.74 Å². The summed E-state index contributed by atoms with van der Waals surface area (Å²) >= 11 is 1.71. The van der Waals surface area contributed by atoms with E-state index in [9.17, 15) is 4.79 Å². The second-order valence-electron chi connectivity index (χ2n) is 7.49. The van der Waals surface area contributed by atoms with E-state index in [2.05, 4.69) is 19.1 Å². The molecule has 1 saturated heterocycles. The Balaban J connectivity index is 1.42. The summed E-state index contributed by atoms with van der Waals surface area (Å²) in [7, 11) is 0. The molecule has 1 aliphatic rings. The normalized spacial score (nSPS) is 17.1. The number of rotatable bonds is 5. The molecule has 1 fully saturated rings. The van der Waals surface area contributed by atoms with E-state index in [1.165, 1.54) is 10.3 Å². The van der Waals surface area contributed by atoms with Crippen LogP contribution >= 0.6 is 11.3 Å². The number of thiazole rings is 1. The van der Waals surface area contributed by atoms with E-state index in [0.717, 1.165) is 47.6 Å². The van der Waals surface area contributed by atoms with E-state index >= 15 is 0 Å². The Morgan fingerprint density at radius 3 is 2.89 bits per heavy atom. The summed E-state index contributed by atoms with van der Waals surface area (Å²) in [5.74, 6) is 1.02. The monoisotopic (exact) mass is 394 g/mol. The maximum absolute atomic E-state index is 12.9. The first-order valence-electron chi connectivity index (χ1n) is 9.97. The zero-order valence-electron chi connectivity index (χ0n) is 16.5. The highest BCUT2D eigenvalue weighted by Crippen LogP contribution is 2.36. The number of benzene rings is 2. The van der Waals surface area contributed by atoms with E-state index in [-0.39, 0.29) is 11.9 Å². The smallest absolute Gasteiger partial charge is 0.226 e. The van der Waals surface area contributed by atoms with Gasteiger partial charge < -0.3 is 9.64 Å². The Labute approximate surface area is 170 Å². The summed E-state index contributed by atoms with van der Waals surface area (Å²) in [6.45, 7) is 5.32. The Kier molecular flexibility index (Phi) is 5.62. The maximum Gasteiger partial charge on any atom is 0.226 e. The summed E-state index contributed by atoms with van der Waals surface area (Å²) in [6, 6.07) is 14.4. The molecule has 1 amide bonds. The molecule has 2 aromatic carbocycles. The van der Waals surface area contributed by atoms with Crippen LogP contribution in [0.25, 0.3) is 10.2 Å². The lowest BCUT2D eigenvalue weighted by molar-refractivity contribution is -0.135. The maximum atomic E-state index is 12.9. The van der Waals surface area contributed by atoms with E-state index in [1.807, 2.05) is 42.2 Å². The Hall–Kier alpha value is -2.40. The van der Waals surface area contributed by atoms with Gasteiger partial charge in [0, 0.05) is 6.54 Å². The van der Waals surface area contributed by atoms with Crippen molar-refractivity contribution in [3.05, 3.63) is 58.6 Å². The molecule has 0 aliphatic carbocycles. The minimum Gasteiger partial charge on any atom is -0.493 e. The molecule has 4 rings (SSSR count). The van der Waals surface area contributed by atoms with Crippen LogP contribution in [-0.2, 0) is 4.79 Å². The lowest BCUT2D eigenvalue weighted by Gasteiger charge is -2.34. The topological polar surface area (TPSA) is 42.4 Å². The highest BCUT2D eigenvalue weighted by atomic mass is 32.1. The summed E-state index contributed by atoms with van der Waals surface area (Å²) in [5, 5.41) is 1.06. The van der Waals surface area contributed by atoms with Crippen molar-refractivity contribution in [2.45, 2.75) is 45.6 Å². The van der Waals surface area contributed by atoms with Gasteiger partial charge in [-0.15, -0.1) is 11.3 Å². The number of aryl methyl sites for hydroxylation is 2. The van der Waals surface area contributed by atoms with Crippen molar-refractivity contribution in [1.29, 1.82) is 0 Å². The van der Waals surface area contributed by atoms with Crippen molar-refractivity contribution in [1.82, 2.24) is 9.88 Å². The van der Waals surface area contributed by atoms with E-state index in [1.54, 1.807) is 11.3 Å². The number of hydrogen-bond acceptors (Lipinski definition) is 4. The predicted molar refractivity (Wildman–Crippen MR) is 114 cm³/mol. The molecule has 0 bridgehead atoms. The third kappa shape index (κ3) is 4.04. The highest BCUT2D eigenvalue weighted by molar-refractivity contribution is 7.18. The minimum atomic E-state index is 0.0970. The van der Waals surface area contributed by atoms with Gasteiger partial charge in [0.1, 0.15) is 10.8 Å². The molecule has 3 aromatic rings. The number of para-hydroxylation sites is 1. The summed E-state index contributed by atoms with van der Waals surface area (Å²) in [6.07, 6.45) is 3.59. The zero-order chi connectivity index (χ0) is 19.5. The van der Waals surface area contributed by atoms with Crippen LogP contribution in [0.1, 0.15) is 47.9 Å². The predicted octanol–water partition coefficient (Wildman–Crippen LogP) is 5.44. The number of amides is 1. The van der Waals surface area contributed by atoms with Crippen molar-refractivity contribution < 1.29 is 9.53 Å². The van der Waals surface area contributed by atoms with Crippen LogP contribution in [0.5, 0.6) is 5.75 Å². The first kappa shape index (κ1) is 18.9. The van der Waals surface area contributed by atoms with Gasteiger partial charge in [0.2, 0.25) is 5.91 Å². The average Bonchev–Trinajstić information content (AvgIpc) is 3.13. The fourth-order valence-corrected chi connectivity index (χ4v) is 4.99. The fourth-order valence-electron chi connectivity index (χ4n) is 3.87. The van der Waals surface area contributed by atoms with Crippen molar-refractivity contribution in [2.24, 2.45) is 0 Å². The Bertz CT molecular complexity index is 949. The van der Waals surface area contributed by atoms with Gasteiger partial charge in [0.15, 0.2) is 0 Å². The highest BCUT2D eigenvalue weighted by Gasteiger charge is 2.30. The number of ether oxygens (including phenoxy) is 1. The first-order valence-corrected chi connectivity index (χ1v) is 10.8. The molecule has 1 atom stereocenters. The van der Waals surface area contributed by atoms with Crippen LogP contribution in [-0.4, -0.2) is 28.9 Å². The van der Waals surface area contributed by atoms with E-state index in [4.69, 9.17) is 9.72 Å². The Morgan fingerprint density at radius 1 is 1.21 bits per heavy atom. The lowest BCUT2D eigenvalue weighted by Crippen LogP contribution is -2.39. The number of carbonyl (C=O) groups excluding carboxylic acids is 1. The van der Waals surface area contributed by atoms with Gasteiger partial charge in [-0.2, -0.15) is 0 Å². The number of hydrogen-bond donors (Lipinski definition) is 0. The fraction of sp³-hybridized carbons (Fsp3) is 0.391. The third-order valence-corrected chi connectivity index (χ3v) is 6.46. The SMILES string of the molecule is Cc1ccc(OCCC(=O)N2CCCC[C@H]2c2nc3ccccc3s2)c(C)c1. The van der Waals surface area contributed by atoms with Gasteiger partial charge in [-0.3, -0.25) is 4.79 Å². The quantitative estimate of drug-likeness (QED) is 0.579. The van der Waals surface area contributed by atoms with Crippen molar-refractivity contribution in [2.75, 3.05) is 13.2 Å². The second-order valence-corrected chi connectivity index (χ2v) is 8.55. The minimum absolute atomic E-state index is 0.0970. The van der Waals surface area contributed by atoms with Gasteiger partial charge in [0.25, 0.3) is 0 Å². The number of nitrogens with zero attached hydrogens (tertiary/aromatic N) is 2. The van der Waals surface area contributed by atoms with Gasteiger partial charge >= 0.3 is 0 Å². The molecule has 0 saturated carbocycles. The van der Waals surface area contributed by atoms with Crippen molar-refractivity contribution in [3.63, 3.8) is 0 Å². The van der Waals surface area contributed by atoms with E-state index < -0.39 is 0 Å². The average molecular weight is 395 g/mol. The van der Waals surface area contributed by atoms with Crippen molar-refractivity contribution >= 4 is 27.5 Å². The molecule has 28 heavy (non-hydrogen) atoms. The number of fused-ring (bicyclic) bond motifs is 1. The van der Waals surface area contributed by atoms with Gasteiger partial charge in [0.05, 0.1) is 29.3 Å². The van der Waals surface area contributed by atoms with E-state index in [0.29, 0.717) is 13.0 Å². The molecule has 0 unspecified atom stereocenters. The molecule has 146 valence electrons. The summed E-state index contributed by atoms with van der Waals surface area (Å²) in [5.41, 5.74) is 3.35. The first-order chi connectivity index (χ1) is 13.6. The molecule has 0 spiro atoms. The van der Waals surface area contributed by atoms with Crippen LogP contribution in [0.15, 0.2) is 42.5 Å². The summed E-state index contributed by atoms with van der Waals surface area (Å²) in [4.78, 5) is 19.8. The van der Waals surface area contributed by atoms with Crippen LogP contribution in [0.4, 0.5) is 0 Å². The van der Waals surface area contributed by atoms with Crippen LogP contribution in [0, 0.1) is 13.8 Å². The molecule has 1 aromatic heterocycles. The molecule has 2 heterocycles. The van der Waals surface area contributed by atoms with Crippen molar-refractivity contribution in [3.8, 4) is 5.75 Å². The molecular weight excluding hydrogens is 368 g/mol. The van der Waals surface area contributed by atoms with Crippen LogP contribution in [0.3, 0.4) is 0 Å². The number of carbonyl (C=O) groups is 1. The Morgan fingerprint density at radius 2 is 2.07 bits per heavy atom. The lowest BCUT2D eigenvalue weighted by atomic mass is 10.0. The second kappa shape index (κ2) is 8.31. The number of piperidine rings is 1. The van der Waals surface area contributed by atoms with Gasteiger partial charge in [-0.1, -0.05) is 29.8 Å². The number of aromatic nitrogens is 1. The molecule has 1 aliphatic heterocycles. The zero-order valence-corrected chi connectivity index (χ0v) is 17.3. The molecule has 4 nitrogen and oxygen atoms in total. The molecule has 0 radical (unpaired) electrons. The largest absolute Gasteiger partial charge is 0.493 e.